The van der Waals surface area contributed by atoms with Crippen molar-refractivity contribution in [3.8, 4) is 5.88 Å². The van der Waals surface area contributed by atoms with Gasteiger partial charge in [-0.3, -0.25) is 4.90 Å². The van der Waals surface area contributed by atoms with Gasteiger partial charge in [-0.15, -0.1) is 23.1 Å². The molecule has 0 bridgehead atoms. The van der Waals surface area contributed by atoms with Crippen LogP contribution in [0.1, 0.15) is 10.4 Å². The molecule has 1 fully saturated rings. The van der Waals surface area contributed by atoms with Gasteiger partial charge in [-0.25, -0.2) is 4.98 Å². The molecule has 0 N–H and O–H groups in total. The highest BCUT2D eigenvalue weighted by atomic mass is 32.2. The molecule has 1 unspecified atom stereocenters. The van der Waals surface area contributed by atoms with Gasteiger partial charge in [-0.1, -0.05) is 0 Å². The van der Waals surface area contributed by atoms with Crippen molar-refractivity contribution in [3.05, 3.63) is 40.9 Å². The van der Waals surface area contributed by atoms with Crippen LogP contribution in [0.3, 0.4) is 0 Å². The van der Waals surface area contributed by atoms with Crippen molar-refractivity contribution in [2.24, 2.45) is 0 Å². The van der Waals surface area contributed by atoms with Crippen LogP contribution in [-0.2, 0) is 17.5 Å². The zero-order valence-electron chi connectivity index (χ0n) is 14.2. The van der Waals surface area contributed by atoms with Crippen LogP contribution in [0.15, 0.2) is 34.7 Å². The molecule has 2 aromatic rings. The molecule has 0 spiro atoms. The number of hydrogen-bond donors (Lipinski definition) is 0. The summed E-state index contributed by atoms with van der Waals surface area (Å²) in [5.41, 5.74) is -0.787. The molecular weight excluding hydrogens is 385 g/mol. The van der Waals surface area contributed by atoms with Crippen LogP contribution in [0.2, 0.25) is 0 Å². The summed E-state index contributed by atoms with van der Waals surface area (Å²) in [5.74, 6) is 0.168. The first-order valence-corrected chi connectivity index (χ1v) is 10.1. The van der Waals surface area contributed by atoms with Gasteiger partial charge in [0, 0.05) is 36.8 Å². The lowest BCUT2D eigenvalue weighted by Gasteiger charge is -2.32. The smallest absolute Gasteiger partial charge is 0.417 e. The van der Waals surface area contributed by atoms with Crippen molar-refractivity contribution in [2.75, 3.05) is 32.6 Å². The second kappa shape index (κ2) is 8.60. The minimum atomic E-state index is -4.39. The topological polar surface area (TPSA) is 34.6 Å². The fraction of sp³-hybridized carbons (Fsp3) is 0.471. The first kappa shape index (κ1) is 19.5. The minimum absolute atomic E-state index is 0.132. The zero-order valence-corrected chi connectivity index (χ0v) is 15.8. The van der Waals surface area contributed by atoms with E-state index in [2.05, 4.69) is 28.3 Å². The SMILES string of the molecule is CSc1ccc(CN2CCOC(COc3ccc(C(F)(F)F)cn3)C2)s1. The maximum absolute atomic E-state index is 12.5. The van der Waals surface area contributed by atoms with Crippen LogP contribution < -0.4 is 4.74 Å². The van der Waals surface area contributed by atoms with Crippen LogP contribution in [0.25, 0.3) is 0 Å². The van der Waals surface area contributed by atoms with Gasteiger partial charge in [0.1, 0.15) is 12.7 Å². The highest BCUT2D eigenvalue weighted by Gasteiger charge is 2.30. The normalized spacial score (nSPS) is 18.8. The summed E-state index contributed by atoms with van der Waals surface area (Å²) in [7, 11) is 0. The molecule has 3 heterocycles. The van der Waals surface area contributed by atoms with Gasteiger partial charge in [0.05, 0.1) is 16.4 Å². The van der Waals surface area contributed by atoms with Gasteiger partial charge in [0.15, 0.2) is 0 Å². The summed E-state index contributed by atoms with van der Waals surface area (Å²) >= 11 is 3.53. The van der Waals surface area contributed by atoms with E-state index < -0.39 is 11.7 Å². The Morgan fingerprint density at radius 3 is 2.85 bits per heavy atom. The molecule has 3 rings (SSSR count). The lowest BCUT2D eigenvalue weighted by Crippen LogP contribution is -2.44. The number of aromatic nitrogens is 1. The molecule has 1 aliphatic heterocycles. The number of nitrogens with zero attached hydrogens (tertiary/aromatic N) is 2. The number of thioether (sulfide) groups is 1. The summed E-state index contributed by atoms with van der Waals surface area (Å²) in [6, 6.07) is 6.47. The summed E-state index contributed by atoms with van der Waals surface area (Å²) in [6.45, 7) is 3.29. The quantitative estimate of drug-likeness (QED) is 0.676. The number of pyridine rings is 1. The molecule has 9 heteroatoms. The number of hydrogen-bond acceptors (Lipinski definition) is 6. The number of thiophene rings is 1. The van der Waals surface area contributed by atoms with Crippen molar-refractivity contribution in [1.82, 2.24) is 9.88 Å². The van der Waals surface area contributed by atoms with E-state index in [0.717, 1.165) is 25.4 Å². The highest BCUT2D eigenvalue weighted by Crippen LogP contribution is 2.29. The van der Waals surface area contributed by atoms with Gasteiger partial charge in [0.2, 0.25) is 5.88 Å². The Kier molecular flexibility index (Phi) is 6.44. The van der Waals surface area contributed by atoms with E-state index in [1.54, 1.807) is 23.1 Å². The molecule has 0 aromatic carbocycles. The fourth-order valence-corrected chi connectivity index (χ4v) is 4.25. The van der Waals surface area contributed by atoms with Crippen LogP contribution in [-0.4, -0.2) is 48.5 Å². The highest BCUT2D eigenvalue weighted by molar-refractivity contribution is 8.00. The maximum Gasteiger partial charge on any atom is 0.417 e. The Morgan fingerprint density at radius 2 is 2.19 bits per heavy atom. The predicted molar refractivity (Wildman–Crippen MR) is 95.9 cm³/mol. The summed E-state index contributed by atoms with van der Waals surface area (Å²) in [4.78, 5) is 7.32. The van der Waals surface area contributed by atoms with E-state index >= 15 is 0 Å². The second-order valence-electron chi connectivity index (χ2n) is 5.85. The van der Waals surface area contributed by atoms with E-state index in [1.165, 1.54) is 15.2 Å². The molecule has 142 valence electrons. The molecule has 0 aliphatic carbocycles. The molecule has 2 aromatic heterocycles. The molecule has 26 heavy (non-hydrogen) atoms. The van der Waals surface area contributed by atoms with Crippen molar-refractivity contribution in [3.63, 3.8) is 0 Å². The summed E-state index contributed by atoms with van der Waals surface area (Å²) in [5, 5.41) is 0. The number of ether oxygens (including phenoxy) is 2. The number of halogens is 3. The average molecular weight is 404 g/mol. The number of rotatable bonds is 6. The second-order valence-corrected chi connectivity index (χ2v) is 8.12. The minimum Gasteiger partial charge on any atom is -0.475 e. The first-order valence-electron chi connectivity index (χ1n) is 8.07. The molecule has 1 aliphatic rings. The Hall–Kier alpha value is -1.29. The van der Waals surface area contributed by atoms with E-state index in [1.807, 2.05) is 0 Å². The summed E-state index contributed by atoms with van der Waals surface area (Å²) < 4.78 is 50.1. The van der Waals surface area contributed by atoms with Gasteiger partial charge < -0.3 is 9.47 Å². The summed E-state index contributed by atoms with van der Waals surface area (Å²) in [6.07, 6.45) is -1.68. The Bertz CT molecular complexity index is 707. The Labute approximate surface area is 158 Å². The lowest BCUT2D eigenvalue weighted by molar-refractivity contribution is -0.137. The fourth-order valence-electron chi connectivity index (χ4n) is 2.61. The van der Waals surface area contributed by atoms with Crippen molar-refractivity contribution < 1.29 is 22.6 Å². The van der Waals surface area contributed by atoms with Gasteiger partial charge in [0.25, 0.3) is 0 Å². The number of morpholine rings is 1. The standard InChI is InChI=1S/C17H19F3N2O2S2/c1-25-16-5-3-14(26-16)10-22-6-7-23-13(9-22)11-24-15-4-2-12(8-21-15)17(18,19)20/h2-5,8,13H,6-7,9-11H2,1H3. The van der Waals surface area contributed by atoms with Crippen LogP contribution in [0.4, 0.5) is 13.2 Å². The third-order valence-corrected chi connectivity index (χ3v) is 6.07. The number of alkyl halides is 3. The third kappa shape index (κ3) is 5.35. The van der Waals surface area contributed by atoms with E-state index in [9.17, 15) is 13.2 Å². The largest absolute Gasteiger partial charge is 0.475 e. The van der Waals surface area contributed by atoms with E-state index in [-0.39, 0.29) is 18.6 Å². The van der Waals surface area contributed by atoms with E-state index in [0.29, 0.717) is 13.2 Å². The first-order chi connectivity index (χ1) is 12.4. The van der Waals surface area contributed by atoms with Crippen LogP contribution >= 0.6 is 23.1 Å². The van der Waals surface area contributed by atoms with Crippen molar-refractivity contribution >= 4 is 23.1 Å². The van der Waals surface area contributed by atoms with Crippen LogP contribution in [0.5, 0.6) is 5.88 Å². The Balaban J connectivity index is 1.49. The van der Waals surface area contributed by atoms with Gasteiger partial charge in [-0.2, -0.15) is 13.2 Å². The monoisotopic (exact) mass is 404 g/mol. The predicted octanol–water partition coefficient (Wildman–Crippen LogP) is 4.16. The zero-order chi connectivity index (χ0) is 18.6. The van der Waals surface area contributed by atoms with Crippen LogP contribution in [0, 0.1) is 0 Å². The van der Waals surface area contributed by atoms with Gasteiger partial charge in [-0.05, 0) is 24.5 Å². The van der Waals surface area contributed by atoms with Gasteiger partial charge >= 0.3 is 6.18 Å². The van der Waals surface area contributed by atoms with Crippen molar-refractivity contribution in [1.29, 1.82) is 0 Å². The molecule has 0 amide bonds. The van der Waals surface area contributed by atoms with E-state index in [4.69, 9.17) is 9.47 Å². The molecular formula is C17H19F3N2O2S2. The van der Waals surface area contributed by atoms with Crippen molar-refractivity contribution in [2.45, 2.75) is 23.0 Å². The third-order valence-electron chi connectivity index (χ3n) is 3.92. The molecule has 1 saturated heterocycles. The Morgan fingerprint density at radius 1 is 1.35 bits per heavy atom. The average Bonchev–Trinajstić information content (AvgIpc) is 3.07. The molecule has 0 radical (unpaired) electrons. The lowest BCUT2D eigenvalue weighted by atomic mass is 10.2. The molecule has 0 saturated carbocycles. The molecule has 1 atom stereocenters. The maximum atomic E-state index is 12.5. The molecule has 4 nitrogen and oxygen atoms in total.